The maximum Gasteiger partial charge on any atom is 0.343 e. The van der Waals surface area contributed by atoms with E-state index < -0.39 is 0 Å². The van der Waals surface area contributed by atoms with Crippen LogP contribution in [0.4, 0.5) is 0 Å². The van der Waals surface area contributed by atoms with E-state index >= 15 is 0 Å². The van der Waals surface area contributed by atoms with Gasteiger partial charge in [0.05, 0.1) is 10.0 Å². The summed E-state index contributed by atoms with van der Waals surface area (Å²) >= 11 is 6.80. The quantitative estimate of drug-likeness (QED) is 0.564. The van der Waals surface area contributed by atoms with Gasteiger partial charge in [-0.05, 0) is 52.7 Å². The normalized spacial score (nSPS) is 10.2. The van der Waals surface area contributed by atoms with Gasteiger partial charge in [0.2, 0.25) is 0 Å². The zero-order valence-electron chi connectivity index (χ0n) is 9.61. The SMILES string of the molecule is Cc1cc(OC(=O)c2ccccc2)c(Br)cc1Br. The van der Waals surface area contributed by atoms with Crippen LogP contribution in [0.25, 0.3) is 0 Å². The zero-order chi connectivity index (χ0) is 13.1. The first-order valence-electron chi connectivity index (χ1n) is 5.31. The summed E-state index contributed by atoms with van der Waals surface area (Å²) < 4.78 is 7.07. The van der Waals surface area contributed by atoms with Crippen molar-refractivity contribution in [1.82, 2.24) is 0 Å². The molecule has 18 heavy (non-hydrogen) atoms. The van der Waals surface area contributed by atoms with E-state index in [2.05, 4.69) is 31.9 Å². The monoisotopic (exact) mass is 368 g/mol. The van der Waals surface area contributed by atoms with Crippen LogP contribution in [0.3, 0.4) is 0 Å². The summed E-state index contributed by atoms with van der Waals surface area (Å²) in [4.78, 5) is 11.9. The van der Waals surface area contributed by atoms with Crippen molar-refractivity contribution in [2.75, 3.05) is 0 Å². The number of benzene rings is 2. The smallest absolute Gasteiger partial charge is 0.343 e. The highest BCUT2D eigenvalue weighted by atomic mass is 79.9. The summed E-state index contributed by atoms with van der Waals surface area (Å²) in [6, 6.07) is 12.6. The van der Waals surface area contributed by atoms with Crippen molar-refractivity contribution in [3.8, 4) is 5.75 Å². The van der Waals surface area contributed by atoms with Crippen LogP contribution in [-0.4, -0.2) is 5.97 Å². The van der Waals surface area contributed by atoms with E-state index in [-0.39, 0.29) is 5.97 Å². The Kier molecular flexibility index (Phi) is 4.19. The number of aryl methyl sites for hydroxylation is 1. The van der Waals surface area contributed by atoms with Crippen molar-refractivity contribution >= 4 is 37.8 Å². The standard InChI is InChI=1S/C14H10Br2O2/c1-9-7-13(12(16)8-11(9)15)18-14(17)10-5-3-2-4-6-10/h2-8H,1H3. The van der Waals surface area contributed by atoms with E-state index in [1.165, 1.54) is 0 Å². The van der Waals surface area contributed by atoms with Crippen LogP contribution in [0.15, 0.2) is 51.4 Å². The van der Waals surface area contributed by atoms with Crippen LogP contribution in [0.5, 0.6) is 5.75 Å². The van der Waals surface area contributed by atoms with Gasteiger partial charge in [-0.15, -0.1) is 0 Å². The molecule has 0 saturated carbocycles. The van der Waals surface area contributed by atoms with E-state index in [4.69, 9.17) is 4.74 Å². The Labute approximate surface area is 122 Å². The fourth-order valence-electron chi connectivity index (χ4n) is 1.44. The second-order valence-corrected chi connectivity index (χ2v) is 5.50. The molecule has 0 N–H and O–H groups in total. The molecule has 0 aliphatic rings. The van der Waals surface area contributed by atoms with Gasteiger partial charge in [-0.1, -0.05) is 34.1 Å². The molecule has 0 spiro atoms. The van der Waals surface area contributed by atoms with E-state index in [9.17, 15) is 4.79 Å². The Morgan fingerprint density at radius 2 is 1.72 bits per heavy atom. The van der Waals surface area contributed by atoms with E-state index in [0.29, 0.717) is 11.3 Å². The van der Waals surface area contributed by atoms with Crippen molar-refractivity contribution in [2.45, 2.75) is 6.92 Å². The molecule has 4 heteroatoms. The highest BCUT2D eigenvalue weighted by molar-refractivity contribution is 9.11. The Hall–Kier alpha value is -1.13. The Morgan fingerprint density at radius 1 is 1.06 bits per heavy atom. The minimum atomic E-state index is -0.363. The van der Waals surface area contributed by atoms with Crippen molar-refractivity contribution in [1.29, 1.82) is 0 Å². The predicted molar refractivity (Wildman–Crippen MR) is 78.0 cm³/mol. The van der Waals surface area contributed by atoms with Crippen LogP contribution < -0.4 is 4.74 Å². The molecule has 0 fully saturated rings. The van der Waals surface area contributed by atoms with Crippen LogP contribution in [0, 0.1) is 6.92 Å². The fourth-order valence-corrected chi connectivity index (χ4v) is 2.52. The minimum Gasteiger partial charge on any atom is -0.422 e. The predicted octanol–water partition coefficient (Wildman–Crippen LogP) is 4.74. The molecule has 0 radical (unpaired) electrons. The van der Waals surface area contributed by atoms with Crippen LogP contribution in [0.2, 0.25) is 0 Å². The number of halogens is 2. The largest absolute Gasteiger partial charge is 0.422 e. The topological polar surface area (TPSA) is 26.3 Å². The Balaban J connectivity index is 2.25. The van der Waals surface area contributed by atoms with Crippen molar-refractivity contribution in [3.05, 3.63) is 62.5 Å². The number of carbonyl (C=O) groups excluding carboxylic acids is 1. The van der Waals surface area contributed by atoms with Gasteiger partial charge in [0.15, 0.2) is 0 Å². The summed E-state index contributed by atoms with van der Waals surface area (Å²) in [6.07, 6.45) is 0. The summed E-state index contributed by atoms with van der Waals surface area (Å²) in [5.74, 6) is 0.155. The number of hydrogen-bond donors (Lipinski definition) is 0. The summed E-state index contributed by atoms with van der Waals surface area (Å²) in [5, 5.41) is 0. The van der Waals surface area contributed by atoms with Crippen LogP contribution in [0.1, 0.15) is 15.9 Å². The molecule has 0 aliphatic carbocycles. The summed E-state index contributed by atoms with van der Waals surface area (Å²) in [6.45, 7) is 1.94. The van der Waals surface area contributed by atoms with Gasteiger partial charge in [-0.25, -0.2) is 4.79 Å². The third kappa shape index (κ3) is 3.00. The molecular formula is C14H10Br2O2. The third-order valence-corrected chi connectivity index (χ3v) is 3.90. The number of ether oxygens (including phenoxy) is 1. The Bertz CT molecular complexity index is 580. The third-order valence-electron chi connectivity index (χ3n) is 2.43. The van der Waals surface area contributed by atoms with E-state index in [1.807, 2.05) is 25.1 Å². The molecule has 0 aliphatic heterocycles. The molecule has 0 atom stereocenters. The van der Waals surface area contributed by atoms with Gasteiger partial charge in [-0.2, -0.15) is 0 Å². The second-order valence-electron chi connectivity index (χ2n) is 3.79. The van der Waals surface area contributed by atoms with Crippen molar-refractivity contribution in [3.63, 3.8) is 0 Å². The summed E-state index contributed by atoms with van der Waals surface area (Å²) in [5.41, 5.74) is 1.54. The first-order chi connectivity index (χ1) is 8.58. The second kappa shape index (κ2) is 5.67. The fraction of sp³-hybridized carbons (Fsp3) is 0.0714. The first kappa shape index (κ1) is 13.3. The van der Waals surface area contributed by atoms with Crippen LogP contribution in [-0.2, 0) is 0 Å². The van der Waals surface area contributed by atoms with Gasteiger partial charge in [0.1, 0.15) is 5.75 Å². The molecule has 0 aromatic heterocycles. The minimum absolute atomic E-state index is 0.363. The van der Waals surface area contributed by atoms with Crippen molar-refractivity contribution < 1.29 is 9.53 Å². The lowest BCUT2D eigenvalue weighted by Crippen LogP contribution is -2.08. The number of rotatable bonds is 2. The van der Waals surface area contributed by atoms with Crippen LogP contribution >= 0.6 is 31.9 Å². The highest BCUT2D eigenvalue weighted by Gasteiger charge is 2.11. The molecule has 0 amide bonds. The summed E-state index contributed by atoms with van der Waals surface area (Å²) in [7, 11) is 0. The average molecular weight is 370 g/mol. The van der Waals surface area contributed by atoms with Gasteiger partial charge < -0.3 is 4.74 Å². The molecule has 2 rings (SSSR count). The lowest BCUT2D eigenvalue weighted by molar-refractivity contribution is 0.0733. The molecule has 92 valence electrons. The maximum atomic E-state index is 11.9. The average Bonchev–Trinajstić information content (AvgIpc) is 2.37. The molecule has 0 saturated heterocycles. The van der Waals surface area contributed by atoms with Gasteiger partial charge in [-0.3, -0.25) is 0 Å². The van der Waals surface area contributed by atoms with E-state index in [1.54, 1.807) is 24.3 Å². The number of carbonyl (C=O) groups is 1. The molecule has 2 aromatic carbocycles. The lowest BCUT2D eigenvalue weighted by atomic mass is 10.2. The molecule has 2 nitrogen and oxygen atoms in total. The first-order valence-corrected chi connectivity index (χ1v) is 6.89. The molecular weight excluding hydrogens is 360 g/mol. The number of hydrogen-bond acceptors (Lipinski definition) is 2. The van der Waals surface area contributed by atoms with Gasteiger partial charge in [0, 0.05) is 4.47 Å². The van der Waals surface area contributed by atoms with Crippen molar-refractivity contribution in [2.24, 2.45) is 0 Å². The number of esters is 1. The maximum absolute atomic E-state index is 11.9. The molecule has 0 heterocycles. The lowest BCUT2D eigenvalue weighted by Gasteiger charge is -2.08. The molecule has 0 unspecified atom stereocenters. The highest BCUT2D eigenvalue weighted by Crippen LogP contribution is 2.31. The Morgan fingerprint density at radius 3 is 2.39 bits per heavy atom. The molecule has 0 bridgehead atoms. The van der Waals surface area contributed by atoms with Gasteiger partial charge in [0.25, 0.3) is 0 Å². The zero-order valence-corrected chi connectivity index (χ0v) is 12.8. The van der Waals surface area contributed by atoms with E-state index in [0.717, 1.165) is 14.5 Å². The van der Waals surface area contributed by atoms with Gasteiger partial charge >= 0.3 is 5.97 Å². The molecule has 2 aromatic rings.